The molecule has 0 unspecified atom stereocenters. The van der Waals surface area contributed by atoms with Crippen molar-refractivity contribution in [2.75, 3.05) is 12.4 Å². The van der Waals surface area contributed by atoms with Gasteiger partial charge >= 0.3 is 0 Å². The van der Waals surface area contributed by atoms with Crippen LogP contribution in [-0.2, 0) is 9.59 Å². The zero-order valence-electron chi connectivity index (χ0n) is 17.0. The van der Waals surface area contributed by atoms with Gasteiger partial charge < -0.3 is 15.4 Å². The van der Waals surface area contributed by atoms with Crippen LogP contribution in [0.4, 0.5) is 5.69 Å². The number of amides is 2. The molecule has 0 aliphatic heterocycles. The van der Waals surface area contributed by atoms with Crippen molar-refractivity contribution in [1.29, 1.82) is 0 Å². The van der Waals surface area contributed by atoms with E-state index >= 15 is 0 Å². The van der Waals surface area contributed by atoms with Crippen LogP contribution in [0.1, 0.15) is 58.3 Å². The number of methoxy groups -OCH3 is 1. The third-order valence-corrected chi connectivity index (χ3v) is 6.88. The molecule has 4 bridgehead atoms. The van der Waals surface area contributed by atoms with E-state index in [2.05, 4.69) is 10.6 Å². The number of hydrogen-bond donors (Lipinski definition) is 2. The molecule has 1 aromatic carbocycles. The fourth-order valence-electron chi connectivity index (χ4n) is 6.20. The Bertz CT molecular complexity index is 693. The first kappa shape index (κ1) is 19.3. The molecule has 0 spiro atoms. The largest absolute Gasteiger partial charge is 0.497 e. The molecule has 1 aromatic rings. The van der Waals surface area contributed by atoms with E-state index in [-0.39, 0.29) is 23.3 Å². The monoisotopic (exact) mass is 384 g/mol. The molecule has 5 heteroatoms. The molecule has 2 amide bonds. The lowest BCUT2D eigenvalue weighted by molar-refractivity contribution is -0.127. The second kappa shape index (κ2) is 7.76. The zero-order valence-corrected chi connectivity index (χ0v) is 17.0. The van der Waals surface area contributed by atoms with Crippen molar-refractivity contribution in [2.24, 2.45) is 23.7 Å². The molecule has 4 fully saturated rings. The fourth-order valence-corrected chi connectivity index (χ4v) is 6.20. The maximum atomic E-state index is 12.7. The molecule has 5 nitrogen and oxygen atoms in total. The number of ether oxygens (including phenoxy) is 1. The maximum absolute atomic E-state index is 12.7. The van der Waals surface area contributed by atoms with Crippen LogP contribution in [0.15, 0.2) is 24.3 Å². The van der Waals surface area contributed by atoms with Crippen LogP contribution in [0.2, 0.25) is 0 Å². The predicted molar refractivity (Wildman–Crippen MR) is 109 cm³/mol. The van der Waals surface area contributed by atoms with Gasteiger partial charge in [0, 0.05) is 24.1 Å². The molecule has 4 saturated carbocycles. The molecule has 28 heavy (non-hydrogen) atoms. The van der Waals surface area contributed by atoms with Gasteiger partial charge in [-0.1, -0.05) is 6.92 Å². The van der Waals surface area contributed by atoms with Gasteiger partial charge in [0.1, 0.15) is 5.75 Å². The third kappa shape index (κ3) is 4.34. The lowest BCUT2D eigenvalue weighted by Gasteiger charge is -2.57. The first-order chi connectivity index (χ1) is 13.4. The molecular weight excluding hydrogens is 352 g/mol. The SMILES string of the molecule is COc1ccc(NC(=O)C[C@H](C)CC(=O)NC23CC4CC(CC(C4)C2)C3)cc1. The Labute approximate surface area is 167 Å². The number of nitrogens with one attached hydrogen (secondary N) is 2. The minimum absolute atomic E-state index is 0.0205. The van der Waals surface area contributed by atoms with Gasteiger partial charge in [0.2, 0.25) is 11.8 Å². The van der Waals surface area contributed by atoms with E-state index < -0.39 is 0 Å². The molecule has 152 valence electrons. The van der Waals surface area contributed by atoms with Gasteiger partial charge in [-0.25, -0.2) is 0 Å². The summed E-state index contributed by atoms with van der Waals surface area (Å²) in [4.78, 5) is 25.0. The van der Waals surface area contributed by atoms with Crippen LogP contribution in [0.25, 0.3) is 0 Å². The Morgan fingerprint density at radius 2 is 1.54 bits per heavy atom. The highest BCUT2D eigenvalue weighted by Gasteiger charge is 2.51. The average molecular weight is 385 g/mol. The van der Waals surface area contributed by atoms with Crippen molar-refractivity contribution < 1.29 is 14.3 Å². The van der Waals surface area contributed by atoms with E-state index in [1.807, 2.05) is 31.2 Å². The van der Waals surface area contributed by atoms with Gasteiger partial charge in [-0.05, 0) is 86.5 Å². The predicted octanol–water partition coefficient (Wildman–Crippen LogP) is 4.14. The molecule has 5 rings (SSSR count). The Hall–Kier alpha value is -2.04. The quantitative estimate of drug-likeness (QED) is 0.743. The minimum Gasteiger partial charge on any atom is -0.497 e. The molecule has 0 aromatic heterocycles. The van der Waals surface area contributed by atoms with E-state index in [1.54, 1.807) is 7.11 Å². The van der Waals surface area contributed by atoms with E-state index in [0.29, 0.717) is 12.8 Å². The fraction of sp³-hybridized carbons (Fsp3) is 0.652. The minimum atomic E-state index is -0.0553. The van der Waals surface area contributed by atoms with Crippen molar-refractivity contribution in [2.45, 2.75) is 63.8 Å². The van der Waals surface area contributed by atoms with Crippen LogP contribution >= 0.6 is 0 Å². The molecule has 2 N–H and O–H groups in total. The summed E-state index contributed by atoms with van der Waals surface area (Å²) in [7, 11) is 1.61. The van der Waals surface area contributed by atoms with Gasteiger partial charge in [-0.3, -0.25) is 9.59 Å². The first-order valence-corrected chi connectivity index (χ1v) is 10.7. The van der Waals surface area contributed by atoms with Crippen LogP contribution in [0, 0.1) is 23.7 Å². The number of carbonyl (C=O) groups is 2. The van der Waals surface area contributed by atoms with E-state index in [9.17, 15) is 9.59 Å². The number of carbonyl (C=O) groups excluding carboxylic acids is 2. The first-order valence-electron chi connectivity index (χ1n) is 10.7. The Balaban J connectivity index is 1.24. The average Bonchev–Trinajstić information content (AvgIpc) is 2.60. The highest BCUT2D eigenvalue weighted by molar-refractivity contribution is 5.91. The van der Waals surface area contributed by atoms with Gasteiger partial charge in [-0.15, -0.1) is 0 Å². The second-order valence-electron chi connectivity index (χ2n) is 9.54. The second-order valence-corrected chi connectivity index (χ2v) is 9.54. The summed E-state index contributed by atoms with van der Waals surface area (Å²) in [5, 5.41) is 6.30. The number of anilines is 1. The molecule has 1 atom stereocenters. The van der Waals surface area contributed by atoms with Gasteiger partial charge in [-0.2, -0.15) is 0 Å². The summed E-state index contributed by atoms with van der Waals surface area (Å²) in [6, 6.07) is 7.28. The molecule has 4 aliphatic rings. The molecule has 0 radical (unpaired) electrons. The van der Waals surface area contributed by atoms with E-state index in [0.717, 1.165) is 48.5 Å². The lowest BCUT2D eigenvalue weighted by atomic mass is 9.53. The summed E-state index contributed by atoms with van der Waals surface area (Å²) in [6.45, 7) is 1.98. The topological polar surface area (TPSA) is 67.4 Å². The standard InChI is InChI=1S/C23H32N2O3/c1-15(7-21(26)24-19-3-5-20(28-2)6-4-19)8-22(27)25-23-12-16-9-17(13-23)11-18(10-16)14-23/h3-6,15-18H,7-14H2,1-2H3,(H,24,26)(H,25,27)/t15-,16?,17?,18?,23?/m0/s1. The van der Waals surface area contributed by atoms with Crippen LogP contribution in [0.3, 0.4) is 0 Å². The Kier molecular flexibility index (Phi) is 5.35. The summed E-state index contributed by atoms with van der Waals surface area (Å²) in [5.74, 6) is 3.30. The number of benzene rings is 1. The van der Waals surface area contributed by atoms with Crippen LogP contribution in [-0.4, -0.2) is 24.5 Å². The number of hydrogen-bond acceptors (Lipinski definition) is 3. The van der Waals surface area contributed by atoms with Crippen molar-refractivity contribution in [3.05, 3.63) is 24.3 Å². The highest BCUT2D eigenvalue weighted by atomic mass is 16.5. The molecular formula is C23H32N2O3. The van der Waals surface area contributed by atoms with Gasteiger partial charge in [0.15, 0.2) is 0 Å². The lowest BCUT2D eigenvalue weighted by Crippen LogP contribution is -2.60. The van der Waals surface area contributed by atoms with Crippen molar-refractivity contribution in [3.63, 3.8) is 0 Å². The van der Waals surface area contributed by atoms with Crippen molar-refractivity contribution in [1.82, 2.24) is 5.32 Å². The van der Waals surface area contributed by atoms with Gasteiger partial charge in [0.25, 0.3) is 0 Å². The van der Waals surface area contributed by atoms with Gasteiger partial charge in [0.05, 0.1) is 7.11 Å². The highest BCUT2D eigenvalue weighted by Crippen LogP contribution is 2.55. The summed E-state index contributed by atoms with van der Waals surface area (Å²) < 4.78 is 5.13. The normalized spacial score (nSPS) is 31.3. The zero-order chi connectivity index (χ0) is 19.7. The Morgan fingerprint density at radius 3 is 2.07 bits per heavy atom. The smallest absolute Gasteiger partial charge is 0.224 e. The Morgan fingerprint density at radius 1 is 1.00 bits per heavy atom. The maximum Gasteiger partial charge on any atom is 0.224 e. The summed E-state index contributed by atoms with van der Waals surface area (Å²) in [6.07, 6.45) is 8.37. The number of rotatable bonds is 7. The molecule has 4 aliphatic carbocycles. The van der Waals surface area contributed by atoms with Crippen LogP contribution < -0.4 is 15.4 Å². The van der Waals surface area contributed by atoms with Crippen molar-refractivity contribution in [3.8, 4) is 5.75 Å². The summed E-state index contributed by atoms with van der Waals surface area (Å²) in [5.41, 5.74) is 0.799. The molecule has 0 saturated heterocycles. The summed E-state index contributed by atoms with van der Waals surface area (Å²) >= 11 is 0. The van der Waals surface area contributed by atoms with Crippen LogP contribution in [0.5, 0.6) is 5.75 Å². The third-order valence-electron chi connectivity index (χ3n) is 6.88. The van der Waals surface area contributed by atoms with E-state index in [1.165, 1.54) is 19.3 Å². The van der Waals surface area contributed by atoms with Crippen molar-refractivity contribution >= 4 is 17.5 Å². The molecule has 0 heterocycles. The van der Waals surface area contributed by atoms with E-state index in [4.69, 9.17) is 4.74 Å².